The minimum atomic E-state index is -0.286. The quantitative estimate of drug-likeness (QED) is 0.467. The summed E-state index contributed by atoms with van der Waals surface area (Å²) in [6, 6.07) is 9.46. The topological polar surface area (TPSA) is 99.8 Å². The molecule has 0 aliphatic carbocycles. The molecular weight excluding hydrogens is 386 g/mol. The zero-order valence-corrected chi connectivity index (χ0v) is 17.0. The zero-order chi connectivity index (χ0) is 20.5. The SMILES string of the molecule is Cc1ccc(C(=O)Nc2ncc(C(=O)Nc3c(C)ccc4[nH]ncc34)s2)c(C)c1. The van der Waals surface area contributed by atoms with E-state index in [9.17, 15) is 9.59 Å². The molecule has 2 aromatic carbocycles. The molecule has 0 unspecified atom stereocenters. The van der Waals surface area contributed by atoms with E-state index in [1.54, 1.807) is 12.3 Å². The maximum absolute atomic E-state index is 12.7. The predicted octanol–water partition coefficient (Wildman–Crippen LogP) is 4.45. The van der Waals surface area contributed by atoms with E-state index in [-0.39, 0.29) is 11.8 Å². The Morgan fingerprint density at radius 3 is 2.59 bits per heavy atom. The Balaban J connectivity index is 1.51. The van der Waals surface area contributed by atoms with Gasteiger partial charge in [-0.3, -0.25) is 20.0 Å². The van der Waals surface area contributed by atoms with E-state index in [1.807, 2.05) is 45.0 Å². The Kier molecular flexibility index (Phi) is 4.85. The van der Waals surface area contributed by atoms with Gasteiger partial charge in [-0.2, -0.15) is 5.10 Å². The van der Waals surface area contributed by atoms with Crippen molar-refractivity contribution in [1.29, 1.82) is 0 Å². The van der Waals surface area contributed by atoms with Gasteiger partial charge in [0.25, 0.3) is 11.8 Å². The van der Waals surface area contributed by atoms with Crippen LogP contribution < -0.4 is 10.6 Å². The van der Waals surface area contributed by atoms with Crippen molar-refractivity contribution in [2.45, 2.75) is 20.8 Å². The normalized spacial score (nSPS) is 10.9. The van der Waals surface area contributed by atoms with Crippen molar-refractivity contribution in [2.24, 2.45) is 0 Å². The number of aromatic amines is 1. The smallest absolute Gasteiger partial charge is 0.267 e. The molecule has 29 heavy (non-hydrogen) atoms. The number of amides is 2. The van der Waals surface area contributed by atoms with E-state index >= 15 is 0 Å². The molecule has 2 aromatic heterocycles. The van der Waals surface area contributed by atoms with Crippen molar-refractivity contribution in [3.63, 3.8) is 0 Å². The van der Waals surface area contributed by atoms with E-state index in [1.165, 1.54) is 6.20 Å². The van der Waals surface area contributed by atoms with Gasteiger partial charge in [-0.25, -0.2) is 4.98 Å². The molecular formula is C21H19N5O2S. The van der Waals surface area contributed by atoms with Crippen LogP contribution in [-0.2, 0) is 0 Å². The van der Waals surface area contributed by atoms with Crippen LogP contribution in [0.1, 0.15) is 36.7 Å². The van der Waals surface area contributed by atoms with Crippen molar-refractivity contribution in [2.75, 3.05) is 10.6 Å². The maximum Gasteiger partial charge on any atom is 0.267 e. The molecule has 0 atom stereocenters. The third kappa shape index (κ3) is 3.74. The van der Waals surface area contributed by atoms with Crippen LogP contribution in [0.4, 0.5) is 10.8 Å². The molecule has 0 aliphatic heterocycles. The highest BCUT2D eigenvalue weighted by molar-refractivity contribution is 7.17. The average Bonchev–Trinajstić information content (AvgIpc) is 3.33. The van der Waals surface area contributed by atoms with E-state index in [0.29, 0.717) is 21.3 Å². The fourth-order valence-electron chi connectivity index (χ4n) is 3.14. The number of aryl methyl sites for hydroxylation is 3. The third-order valence-corrected chi connectivity index (χ3v) is 5.56. The molecule has 3 N–H and O–H groups in total. The lowest BCUT2D eigenvalue weighted by molar-refractivity contribution is 0.102. The number of hydrogen-bond donors (Lipinski definition) is 3. The number of H-pyrrole nitrogens is 1. The Morgan fingerprint density at radius 2 is 1.79 bits per heavy atom. The van der Waals surface area contributed by atoms with E-state index in [4.69, 9.17) is 0 Å². The maximum atomic E-state index is 12.7. The lowest BCUT2D eigenvalue weighted by Gasteiger charge is -2.08. The van der Waals surface area contributed by atoms with Gasteiger partial charge >= 0.3 is 0 Å². The number of rotatable bonds is 4. The van der Waals surface area contributed by atoms with Crippen molar-refractivity contribution in [1.82, 2.24) is 15.2 Å². The summed E-state index contributed by atoms with van der Waals surface area (Å²) in [5, 5.41) is 13.8. The number of nitrogens with one attached hydrogen (secondary N) is 3. The second-order valence-corrected chi connectivity index (χ2v) is 7.88. The second-order valence-electron chi connectivity index (χ2n) is 6.84. The van der Waals surface area contributed by atoms with Crippen LogP contribution in [0, 0.1) is 20.8 Å². The highest BCUT2D eigenvalue weighted by Gasteiger charge is 2.16. The molecule has 146 valence electrons. The van der Waals surface area contributed by atoms with E-state index in [2.05, 4.69) is 25.8 Å². The standard InChI is InChI=1S/C21H19N5O2S/c1-11-4-6-14(13(3)8-11)19(27)25-21-22-10-17(29-21)20(28)24-18-12(2)5-7-16-15(18)9-23-26-16/h4-10H,1-3H3,(H,23,26)(H,24,28)(H,22,25,27). The first-order valence-electron chi connectivity index (χ1n) is 9.01. The van der Waals surface area contributed by atoms with Gasteiger partial charge < -0.3 is 5.32 Å². The Labute approximate surface area is 171 Å². The lowest BCUT2D eigenvalue weighted by Crippen LogP contribution is -2.13. The Morgan fingerprint density at radius 1 is 0.966 bits per heavy atom. The van der Waals surface area contributed by atoms with Crippen LogP contribution in [0.5, 0.6) is 0 Å². The van der Waals surface area contributed by atoms with Crippen LogP contribution in [0.15, 0.2) is 42.7 Å². The summed E-state index contributed by atoms with van der Waals surface area (Å²) in [6.07, 6.45) is 3.14. The highest BCUT2D eigenvalue weighted by atomic mass is 32.1. The van der Waals surface area contributed by atoms with Crippen LogP contribution in [0.25, 0.3) is 10.9 Å². The number of benzene rings is 2. The summed E-state index contributed by atoms with van der Waals surface area (Å²) in [6.45, 7) is 5.79. The molecule has 0 fully saturated rings. The first kappa shape index (κ1) is 18.8. The molecule has 0 bridgehead atoms. The van der Waals surface area contributed by atoms with Crippen LogP contribution in [-0.4, -0.2) is 27.0 Å². The summed E-state index contributed by atoms with van der Waals surface area (Å²) in [5.41, 5.74) is 5.04. The lowest BCUT2D eigenvalue weighted by atomic mass is 10.1. The van der Waals surface area contributed by atoms with Crippen molar-refractivity contribution >= 4 is 44.9 Å². The molecule has 0 radical (unpaired) electrons. The van der Waals surface area contributed by atoms with Crippen molar-refractivity contribution in [3.05, 3.63) is 69.9 Å². The number of nitrogens with zero attached hydrogens (tertiary/aromatic N) is 2. The highest BCUT2D eigenvalue weighted by Crippen LogP contribution is 2.27. The minimum Gasteiger partial charge on any atom is -0.320 e. The first-order valence-corrected chi connectivity index (χ1v) is 9.82. The molecule has 0 aliphatic rings. The Hall–Kier alpha value is -3.52. The third-order valence-electron chi connectivity index (χ3n) is 4.65. The molecule has 2 amide bonds. The average molecular weight is 405 g/mol. The van der Waals surface area contributed by atoms with Crippen molar-refractivity contribution in [3.8, 4) is 0 Å². The molecule has 0 saturated carbocycles. The zero-order valence-electron chi connectivity index (χ0n) is 16.2. The molecule has 2 heterocycles. The van der Waals surface area contributed by atoms with Crippen LogP contribution >= 0.6 is 11.3 Å². The molecule has 4 aromatic rings. The van der Waals surface area contributed by atoms with E-state index < -0.39 is 0 Å². The summed E-state index contributed by atoms with van der Waals surface area (Å²) in [4.78, 5) is 29.8. The number of thiazole rings is 1. The number of fused-ring (bicyclic) bond motifs is 1. The molecule has 4 rings (SSSR count). The largest absolute Gasteiger partial charge is 0.320 e. The predicted molar refractivity (Wildman–Crippen MR) is 115 cm³/mol. The van der Waals surface area contributed by atoms with Gasteiger partial charge in [0.2, 0.25) is 0 Å². The van der Waals surface area contributed by atoms with Crippen molar-refractivity contribution < 1.29 is 9.59 Å². The fourth-order valence-corrected chi connectivity index (χ4v) is 3.84. The minimum absolute atomic E-state index is 0.247. The number of carbonyl (C=O) groups is 2. The van der Waals surface area contributed by atoms with Crippen LogP contribution in [0.3, 0.4) is 0 Å². The fraction of sp³-hybridized carbons (Fsp3) is 0.143. The summed E-state index contributed by atoms with van der Waals surface area (Å²) in [7, 11) is 0. The van der Waals surface area contributed by atoms with Gasteiger partial charge in [0.15, 0.2) is 5.13 Å². The van der Waals surface area contributed by atoms with E-state index in [0.717, 1.165) is 38.9 Å². The van der Waals surface area contributed by atoms with Gasteiger partial charge in [0.05, 0.1) is 23.6 Å². The molecule has 0 saturated heterocycles. The molecule has 8 heteroatoms. The molecule has 7 nitrogen and oxygen atoms in total. The van der Waals surface area contributed by atoms with Gasteiger partial charge in [0.1, 0.15) is 4.88 Å². The molecule has 0 spiro atoms. The first-order chi connectivity index (χ1) is 13.9. The van der Waals surface area contributed by atoms with Gasteiger partial charge in [-0.15, -0.1) is 0 Å². The second kappa shape index (κ2) is 7.48. The van der Waals surface area contributed by atoms with Gasteiger partial charge in [-0.05, 0) is 44.0 Å². The summed E-state index contributed by atoms with van der Waals surface area (Å²) in [5.74, 6) is -0.533. The van der Waals surface area contributed by atoms with Gasteiger partial charge in [-0.1, -0.05) is 35.1 Å². The number of hydrogen-bond acceptors (Lipinski definition) is 5. The summed E-state index contributed by atoms with van der Waals surface area (Å²) >= 11 is 1.13. The Bertz CT molecular complexity index is 1240. The monoisotopic (exact) mass is 405 g/mol. The summed E-state index contributed by atoms with van der Waals surface area (Å²) < 4.78 is 0. The number of aromatic nitrogens is 3. The van der Waals surface area contributed by atoms with Crippen LogP contribution in [0.2, 0.25) is 0 Å². The number of carbonyl (C=O) groups excluding carboxylic acids is 2. The van der Waals surface area contributed by atoms with Gasteiger partial charge in [0, 0.05) is 10.9 Å². The number of anilines is 2.